The lowest BCUT2D eigenvalue weighted by molar-refractivity contribution is -0.252. The summed E-state index contributed by atoms with van der Waals surface area (Å²) in [7, 11) is 0. The number of carbonyl (C=O) groups excluding carboxylic acids is 1. The van der Waals surface area contributed by atoms with Crippen molar-refractivity contribution in [3.05, 3.63) is 81.9 Å². The van der Waals surface area contributed by atoms with Crippen LogP contribution in [0.1, 0.15) is 35.5 Å². The van der Waals surface area contributed by atoms with Crippen LogP contribution in [0.15, 0.2) is 54.9 Å². The molecule has 186 valence electrons. The summed E-state index contributed by atoms with van der Waals surface area (Å²) in [4.78, 5) is 16.1. The molecule has 1 fully saturated rings. The summed E-state index contributed by atoms with van der Waals surface area (Å²) in [5.74, 6) is -0.781. The van der Waals surface area contributed by atoms with Crippen LogP contribution in [0.2, 0.25) is 10.3 Å². The topological polar surface area (TPSA) is 85.6 Å². The van der Waals surface area contributed by atoms with E-state index in [0.29, 0.717) is 29.4 Å². The van der Waals surface area contributed by atoms with Crippen molar-refractivity contribution in [2.24, 2.45) is 0 Å². The Balaban J connectivity index is 1.60. The van der Waals surface area contributed by atoms with Crippen molar-refractivity contribution < 1.29 is 19.4 Å². The number of hydrogen-bond donors (Lipinski definition) is 2. The quantitative estimate of drug-likeness (QED) is 0.338. The molecule has 35 heavy (non-hydrogen) atoms. The molecule has 2 heterocycles. The fourth-order valence-corrected chi connectivity index (χ4v) is 4.14. The normalized spacial score (nSPS) is 20.6. The highest BCUT2D eigenvalue weighted by atomic mass is 35.6. The number of aromatic nitrogens is 2. The number of carbonyl (C=O) groups is 1. The van der Waals surface area contributed by atoms with E-state index in [4.69, 9.17) is 67.5 Å². The van der Waals surface area contributed by atoms with E-state index >= 15 is 0 Å². The number of aliphatic hydroxyl groups is 1. The fraction of sp³-hybridized carbons (Fsp3) is 0.304. The number of rotatable bonds is 6. The zero-order valence-electron chi connectivity index (χ0n) is 18.0. The zero-order valence-corrected chi connectivity index (χ0v) is 21.8. The van der Waals surface area contributed by atoms with Gasteiger partial charge >= 0.3 is 0 Å². The molecule has 0 saturated carbocycles. The van der Waals surface area contributed by atoms with Crippen molar-refractivity contribution in [2.75, 3.05) is 5.32 Å². The molecule has 2 N–H and O–H groups in total. The van der Waals surface area contributed by atoms with Crippen molar-refractivity contribution in [1.29, 1.82) is 0 Å². The number of benzene rings is 2. The predicted molar refractivity (Wildman–Crippen MR) is 136 cm³/mol. The molecule has 1 saturated heterocycles. The molecule has 3 aromatic rings. The lowest BCUT2D eigenvalue weighted by atomic mass is 10.00. The number of anilines is 1. The van der Waals surface area contributed by atoms with Crippen LogP contribution in [0.5, 0.6) is 0 Å². The summed E-state index contributed by atoms with van der Waals surface area (Å²) in [5, 5.41) is 12.5. The van der Waals surface area contributed by atoms with E-state index in [9.17, 15) is 9.90 Å². The van der Waals surface area contributed by atoms with Crippen LogP contribution in [-0.2, 0) is 27.4 Å². The van der Waals surface area contributed by atoms with Crippen molar-refractivity contribution in [3.8, 4) is 0 Å². The molecule has 1 aliphatic heterocycles. The van der Waals surface area contributed by atoms with Gasteiger partial charge in [0.15, 0.2) is 11.4 Å². The van der Waals surface area contributed by atoms with Crippen LogP contribution in [0.25, 0.3) is 0 Å². The van der Waals surface area contributed by atoms with Crippen LogP contribution < -0.4 is 5.32 Å². The first-order valence-electron chi connectivity index (χ1n) is 10.5. The Bertz CT molecular complexity index is 1180. The van der Waals surface area contributed by atoms with E-state index < -0.39 is 16.0 Å². The first-order valence-corrected chi connectivity index (χ1v) is 12.4. The minimum atomic E-state index is -2.10. The van der Waals surface area contributed by atoms with Gasteiger partial charge in [-0.05, 0) is 23.3 Å². The first-order chi connectivity index (χ1) is 16.6. The number of aliphatic hydroxyl groups excluding tert-OH is 1. The number of ether oxygens (including phenoxy) is 2. The van der Waals surface area contributed by atoms with Crippen LogP contribution in [0, 0.1) is 0 Å². The molecule has 3 atom stereocenters. The Morgan fingerprint density at radius 3 is 2.49 bits per heavy atom. The van der Waals surface area contributed by atoms with E-state index in [0.717, 1.165) is 11.1 Å². The third kappa shape index (κ3) is 6.61. The molecule has 1 amide bonds. The van der Waals surface area contributed by atoms with Gasteiger partial charge in [-0.3, -0.25) is 4.79 Å². The molecule has 0 unspecified atom stereocenters. The molecule has 12 heteroatoms. The van der Waals surface area contributed by atoms with E-state index in [2.05, 4.69) is 10.3 Å². The summed E-state index contributed by atoms with van der Waals surface area (Å²) < 4.78 is 12.2. The van der Waals surface area contributed by atoms with E-state index in [1.807, 2.05) is 30.3 Å². The Hall–Kier alpha value is -1.55. The maximum atomic E-state index is 12.1. The summed E-state index contributed by atoms with van der Waals surface area (Å²) in [6, 6.07) is 14.4. The summed E-state index contributed by atoms with van der Waals surface area (Å²) in [6.45, 7) is 0.347. The number of halogens is 5. The highest BCUT2D eigenvalue weighted by molar-refractivity contribution is 6.76. The van der Waals surface area contributed by atoms with Crippen LogP contribution in [0.4, 0.5) is 5.69 Å². The molecule has 1 aromatic heterocycles. The molecule has 0 radical (unpaired) electrons. The standard InChI is InChI=1S/C23H20Cl5N3O4/c24-19-20(25)31(12-29-19)10-17-9-18(14-6-4-13(11-32)5-7-14)35-21(34-17)15-2-1-3-16(8-15)30-22(33)23(26,27)28/h1-8,12,17-18,21,32H,9-11H2,(H,30,33)/t17-,18+,21+/m1/s1. The molecule has 0 bridgehead atoms. The average Bonchev–Trinajstić information content (AvgIpc) is 3.15. The van der Waals surface area contributed by atoms with Gasteiger partial charge in [0, 0.05) is 17.7 Å². The van der Waals surface area contributed by atoms with Gasteiger partial charge in [0.2, 0.25) is 0 Å². The van der Waals surface area contributed by atoms with Crippen LogP contribution in [0.3, 0.4) is 0 Å². The van der Waals surface area contributed by atoms with Gasteiger partial charge in [-0.1, -0.05) is 94.4 Å². The van der Waals surface area contributed by atoms with Crippen molar-refractivity contribution in [2.45, 2.75) is 41.9 Å². The van der Waals surface area contributed by atoms with E-state index in [1.165, 1.54) is 0 Å². The fourth-order valence-electron chi connectivity index (χ4n) is 3.69. The second-order valence-corrected chi connectivity index (χ2v) is 10.9. The van der Waals surface area contributed by atoms with Gasteiger partial charge in [-0.2, -0.15) is 0 Å². The predicted octanol–water partition coefficient (Wildman–Crippen LogP) is 6.24. The largest absolute Gasteiger partial charge is 0.392 e. The Morgan fingerprint density at radius 2 is 1.86 bits per heavy atom. The summed E-state index contributed by atoms with van der Waals surface area (Å²) in [5.41, 5.74) is 2.80. The van der Waals surface area contributed by atoms with Gasteiger partial charge < -0.3 is 24.5 Å². The second kappa shape index (κ2) is 11.2. The molecule has 7 nitrogen and oxygen atoms in total. The minimum absolute atomic E-state index is 0.0489. The van der Waals surface area contributed by atoms with Crippen LogP contribution in [-0.4, -0.2) is 30.5 Å². The molecule has 0 aliphatic carbocycles. The van der Waals surface area contributed by atoms with Crippen molar-refractivity contribution >= 4 is 69.6 Å². The van der Waals surface area contributed by atoms with E-state index in [-0.39, 0.29) is 24.0 Å². The number of alkyl halides is 3. The smallest absolute Gasteiger partial charge is 0.276 e. The third-order valence-electron chi connectivity index (χ3n) is 5.42. The number of nitrogens with zero attached hydrogens (tertiary/aromatic N) is 2. The lowest BCUT2D eigenvalue weighted by Gasteiger charge is -2.36. The number of imidazole rings is 1. The summed E-state index contributed by atoms with van der Waals surface area (Å²) >= 11 is 29.3. The van der Waals surface area contributed by atoms with Gasteiger partial charge in [0.1, 0.15) is 5.15 Å². The Labute approximate surface area is 226 Å². The van der Waals surface area contributed by atoms with Gasteiger partial charge in [-0.25, -0.2) is 4.98 Å². The molecule has 4 rings (SSSR count). The van der Waals surface area contributed by atoms with Crippen molar-refractivity contribution in [1.82, 2.24) is 9.55 Å². The maximum absolute atomic E-state index is 12.1. The zero-order chi connectivity index (χ0) is 25.2. The van der Waals surface area contributed by atoms with Gasteiger partial charge in [0.25, 0.3) is 9.70 Å². The lowest BCUT2D eigenvalue weighted by Crippen LogP contribution is -2.32. The number of amides is 1. The van der Waals surface area contributed by atoms with E-state index in [1.54, 1.807) is 29.1 Å². The minimum Gasteiger partial charge on any atom is -0.392 e. The third-order valence-corrected chi connectivity index (χ3v) is 6.71. The molecular weight excluding hydrogens is 560 g/mol. The van der Waals surface area contributed by atoms with Gasteiger partial charge in [-0.15, -0.1) is 0 Å². The van der Waals surface area contributed by atoms with Crippen molar-refractivity contribution in [3.63, 3.8) is 0 Å². The SMILES string of the molecule is O=C(Nc1cccc([C@H]2O[C@@H](Cn3cnc(Cl)c3Cl)C[C@@H](c3ccc(CO)cc3)O2)c1)C(Cl)(Cl)Cl. The monoisotopic (exact) mass is 577 g/mol. The molecule has 1 aliphatic rings. The maximum Gasteiger partial charge on any atom is 0.276 e. The average molecular weight is 580 g/mol. The van der Waals surface area contributed by atoms with Gasteiger partial charge in [0.05, 0.1) is 31.7 Å². The highest BCUT2D eigenvalue weighted by Gasteiger charge is 2.34. The number of hydrogen-bond acceptors (Lipinski definition) is 5. The first kappa shape index (κ1) is 26.5. The van der Waals surface area contributed by atoms with Crippen LogP contribution >= 0.6 is 58.0 Å². The second-order valence-electron chi connectivity index (χ2n) is 7.91. The Kier molecular flexibility index (Phi) is 8.51. The molecule has 0 spiro atoms. The highest BCUT2D eigenvalue weighted by Crippen LogP contribution is 2.39. The number of nitrogens with one attached hydrogen (secondary N) is 1. The summed E-state index contributed by atoms with van der Waals surface area (Å²) in [6.07, 6.45) is 0.696. The molecule has 2 aromatic carbocycles. The molecular formula is C23H20Cl5N3O4. The Morgan fingerprint density at radius 1 is 1.11 bits per heavy atom.